The molecule has 0 unspecified atom stereocenters. The lowest BCUT2D eigenvalue weighted by Gasteiger charge is -2.29. The third kappa shape index (κ3) is 3.36. The zero-order chi connectivity index (χ0) is 14.8. The number of anilines is 1. The summed E-state index contributed by atoms with van der Waals surface area (Å²) in [7, 11) is -5.62. The predicted octanol–water partition coefficient (Wildman–Crippen LogP) is 2.91. The number of alkyl halides is 3. The van der Waals surface area contributed by atoms with Gasteiger partial charge in [0.05, 0.1) is 0 Å². The first-order valence-corrected chi connectivity index (χ1v) is 7.56. The van der Waals surface area contributed by atoms with Gasteiger partial charge in [-0.05, 0) is 31.4 Å². The third-order valence-electron chi connectivity index (χ3n) is 3.03. The Kier molecular flexibility index (Phi) is 4.12. The van der Waals surface area contributed by atoms with E-state index in [0.717, 1.165) is 32.4 Å². The first-order chi connectivity index (χ1) is 9.29. The van der Waals surface area contributed by atoms with E-state index in [1.165, 1.54) is 18.2 Å². The van der Waals surface area contributed by atoms with Gasteiger partial charge in [0, 0.05) is 24.8 Å². The van der Waals surface area contributed by atoms with Gasteiger partial charge < -0.3 is 9.08 Å². The van der Waals surface area contributed by atoms with Crippen LogP contribution in [0.25, 0.3) is 0 Å². The summed E-state index contributed by atoms with van der Waals surface area (Å²) in [4.78, 5) is 2.00. The van der Waals surface area contributed by atoms with Crippen LogP contribution in [0.1, 0.15) is 19.3 Å². The van der Waals surface area contributed by atoms with Gasteiger partial charge in [-0.1, -0.05) is 6.07 Å². The van der Waals surface area contributed by atoms with Gasteiger partial charge in [0.2, 0.25) is 0 Å². The molecule has 0 radical (unpaired) electrons. The minimum atomic E-state index is -5.62. The second-order valence-corrected chi connectivity index (χ2v) is 6.07. The maximum absolute atomic E-state index is 12.3. The van der Waals surface area contributed by atoms with Crippen molar-refractivity contribution in [3.63, 3.8) is 0 Å². The highest BCUT2D eigenvalue weighted by molar-refractivity contribution is 7.88. The Morgan fingerprint density at radius 2 is 1.75 bits per heavy atom. The van der Waals surface area contributed by atoms with Gasteiger partial charge in [0.25, 0.3) is 0 Å². The molecule has 1 aliphatic rings. The van der Waals surface area contributed by atoms with Crippen LogP contribution in [-0.4, -0.2) is 27.0 Å². The van der Waals surface area contributed by atoms with Crippen molar-refractivity contribution in [3.8, 4) is 5.75 Å². The van der Waals surface area contributed by atoms with Crippen molar-refractivity contribution in [2.75, 3.05) is 18.0 Å². The molecule has 0 spiro atoms. The molecule has 1 saturated heterocycles. The second kappa shape index (κ2) is 5.51. The number of benzene rings is 1. The molecular weight excluding hydrogens is 295 g/mol. The number of nitrogens with zero attached hydrogens (tertiary/aromatic N) is 1. The van der Waals surface area contributed by atoms with Gasteiger partial charge in [-0.2, -0.15) is 21.6 Å². The summed E-state index contributed by atoms with van der Waals surface area (Å²) in [6.45, 7) is 1.60. The van der Waals surface area contributed by atoms with Crippen molar-refractivity contribution in [2.24, 2.45) is 0 Å². The molecule has 0 aromatic heterocycles. The van der Waals surface area contributed by atoms with Crippen molar-refractivity contribution >= 4 is 15.8 Å². The fraction of sp³-hybridized carbons (Fsp3) is 0.500. The van der Waals surface area contributed by atoms with Crippen LogP contribution in [0, 0.1) is 0 Å². The average Bonchev–Trinajstić information content (AvgIpc) is 2.38. The van der Waals surface area contributed by atoms with E-state index < -0.39 is 15.6 Å². The molecule has 0 saturated carbocycles. The minimum Gasteiger partial charge on any atom is -0.376 e. The fourth-order valence-corrected chi connectivity index (χ4v) is 2.51. The van der Waals surface area contributed by atoms with E-state index in [1.807, 2.05) is 4.90 Å². The summed E-state index contributed by atoms with van der Waals surface area (Å²) in [6, 6.07) is 5.70. The van der Waals surface area contributed by atoms with Crippen molar-refractivity contribution < 1.29 is 25.8 Å². The lowest BCUT2D eigenvalue weighted by atomic mass is 10.1. The average molecular weight is 309 g/mol. The zero-order valence-electron chi connectivity index (χ0n) is 10.6. The molecular formula is C12H14F3NO3S. The Balaban J connectivity index is 2.18. The molecule has 8 heteroatoms. The van der Waals surface area contributed by atoms with Gasteiger partial charge in [-0.3, -0.25) is 0 Å². The van der Waals surface area contributed by atoms with Crippen LogP contribution in [0.4, 0.5) is 18.9 Å². The monoisotopic (exact) mass is 309 g/mol. The molecule has 0 bridgehead atoms. The standard InChI is InChI=1S/C12H14F3NO3S/c13-12(14,15)20(17,18)19-11-6-4-5-10(9-11)16-7-2-1-3-8-16/h4-6,9H,1-3,7-8H2. The van der Waals surface area contributed by atoms with Crippen LogP contribution in [0.2, 0.25) is 0 Å². The zero-order valence-corrected chi connectivity index (χ0v) is 11.4. The molecule has 20 heavy (non-hydrogen) atoms. The fourth-order valence-electron chi connectivity index (χ4n) is 2.06. The molecule has 2 rings (SSSR count). The highest BCUT2D eigenvalue weighted by Gasteiger charge is 2.48. The van der Waals surface area contributed by atoms with Crippen molar-refractivity contribution in [1.29, 1.82) is 0 Å². The molecule has 1 aromatic rings. The van der Waals surface area contributed by atoms with Gasteiger partial charge in [0.15, 0.2) is 0 Å². The molecule has 1 fully saturated rings. The number of hydrogen-bond donors (Lipinski definition) is 0. The number of hydrogen-bond acceptors (Lipinski definition) is 4. The largest absolute Gasteiger partial charge is 0.534 e. The van der Waals surface area contributed by atoms with E-state index in [2.05, 4.69) is 4.18 Å². The van der Waals surface area contributed by atoms with Gasteiger partial charge in [0.1, 0.15) is 5.75 Å². The van der Waals surface area contributed by atoms with Crippen LogP contribution < -0.4 is 9.08 Å². The predicted molar refractivity (Wildman–Crippen MR) is 68.1 cm³/mol. The van der Waals surface area contributed by atoms with E-state index >= 15 is 0 Å². The molecule has 4 nitrogen and oxygen atoms in total. The minimum absolute atomic E-state index is 0.328. The van der Waals surface area contributed by atoms with E-state index in [9.17, 15) is 21.6 Å². The van der Waals surface area contributed by atoms with Crippen molar-refractivity contribution in [1.82, 2.24) is 0 Å². The maximum atomic E-state index is 12.3. The van der Waals surface area contributed by atoms with E-state index in [-0.39, 0.29) is 5.75 Å². The Morgan fingerprint density at radius 3 is 2.35 bits per heavy atom. The van der Waals surface area contributed by atoms with Crippen LogP contribution >= 0.6 is 0 Å². The number of halogens is 3. The van der Waals surface area contributed by atoms with Gasteiger partial charge in [-0.25, -0.2) is 0 Å². The molecule has 0 aliphatic carbocycles. The summed E-state index contributed by atoms with van der Waals surface area (Å²) in [5, 5.41) is 0. The Labute approximate surface area is 115 Å². The Hall–Kier alpha value is -1.44. The lowest BCUT2D eigenvalue weighted by Crippen LogP contribution is -2.30. The SMILES string of the molecule is O=S(=O)(Oc1cccc(N2CCCCC2)c1)C(F)(F)F. The summed E-state index contributed by atoms with van der Waals surface area (Å²) in [5.74, 6) is -0.328. The van der Waals surface area contributed by atoms with Crippen LogP contribution in [-0.2, 0) is 10.1 Å². The lowest BCUT2D eigenvalue weighted by molar-refractivity contribution is -0.0500. The smallest absolute Gasteiger partial charge is 0.376 e. The van der Waals surface area contributed by atoms with E-state index in [1.54, 1.807) is 6.07 Å². The van der Waals surface area contributed by atoms with E-state index in [4.69, 9.17) is 0 Å². The van der Waals surface area contributed by atoms with Gasteiger partial charge >= 0.3 is 15.6 Å². The maximum Gasteiger partial charge on any atom is 0.534 e. The Bertz CT molecular complexity index is 566. The summed E-state index contributed by atoms with van der Waals surface area (Å²) in [5.41, 5.74) is -4.76. The summed E-state index contributed by atoms with van der Waals surface area (Å²) >= 11 is 0. The highest BCUT2D eigenvalue weighted by atomic mass is 32.2. The van der Waals surface area contributed by atoms with Crippen LogP contribution in [0.5, 0.6) is 5.75 Å². The number of rotatable bonds is 3. The molecule has 0 atom stereocenters. The van der Waals surface area contributed by atoms with Crippen LogP contribution in [0.15, 0.2) is 24.3 Å². The van der Waals surface area contributed by atoms with E-state index in [0.29, 0.717) is 5.69 Å². The quantitative estimate of drug-likeness (QED) is 0.636. The Morgan fingerprint density at radius 1 is 1.10 bits per heavy atom. The number of piperidine rings is 1. The molecule has 0 amide bonds. The van der Waals surface area contributed by atoms with Crippen LogP contribution in [0.3, 0.4) is 0 Å². The molecule has 112 valence electrons. The molecule has 1 aromatic carbocycles. The normalized spacial score (nSPS) is 17.1. The first kappa shape index (κ1) is 15.0. The van der Waals surface area contributed by atoms with Crippen molar-refractivity contribution in [2.45, 2.75) is 24.8 Å². The third-order valence-corrected chi connectivity index (χ3v) is 4.01. The van der Waals surface area contributed by atoms with Crippen molar-refractivity contribution in [3.05, 3.63) is 24.3 Å². The topological polar surface area (TPSA) is 46.6 Å². The van der Waals surface area contributed by atoms with Gasteiger partial charge in [-0.15, -0.1) is 0 Å². The molecule has 1 heterocycles. The molecule has 1 aliphatic heterocycles. The summed E-state index contributed by atoms with van der Waals surface area (Å²) < 4.78 is 62.8. The highest BCUT2D eigenvalue weighted by Crippen LogP contribution is 2.29. The second-order valence-electron chi connectivity index (χ2n) is 4.53. The first-order valence-electron chi connectivity index (χ1n) is 6.15. The molecule has 0 N–H and O–H groups in total. The summed E-state index contributed by atoms with van der Waals surface area (Å²) in [6.07, 6.45) is 3.13.